The smallest absolute Gasteiger partial charge is 0.350 e. The van der Waals surface area contributed by atoms with Crippen molar-refractivity contribution in [3.8, 4) is 0 Å². The lowest BCUT2D eigenvalue weighted by Gasteiger charge is -2.46. The minimum atomic E-state index is -1.75. The summed E-state index contributed by atoms with van der Waals surface area (Å²) >= 11 is 0. The van der Waals surface area contributed by atoms with Crippen molar-refractivity contribution in [2.45, 2.75) is 49.8 Å². The van der Waals surface area contributed by atoms with E-state index in [2.05, 4.69) is 0 Å². The Morgan fingerprint density at radius 1 is 0.833 bits per heavy atom. The lowest BCUT2D eigenvalue weighted by atomic mass is 9.77. The molecule has 1 aliphatic carbocycles. The van der Waals surface area contributed by atoms with Crippen molar-refractivity contribution in [1.82, 2.24) is 4.90 Å². The van der Waals surface area contributed by atoms with Crippen molar-refractivity contribution in [2.24, 2.45) is 0 Å². The lowest BCUT2D eigenvalue weighted by Crippen LogP contribution is -2.62. The van der Waals surface area contributed by atoms with E-state index in [0.717, 1.165) is 11.1 Å². The summed E-state index contributed by atoms with van der Waals surface area (Å²) in [7, 11) is 1.22. The van der Waals surface area contributed by atoms with Crippen LogP contribution >= 0.6 is 0 Å². The van der Waals surface area contributed by atoms with Crippen molar-refractivity contribution in [1.29, 1.82) is 0 Å². The second kappa shape index (κ2) is 11.5. The van der Waals surface area contributed by atoms with Gasteiger partial charge in [-0.05, 0) is 23.3 Å². The van der Waals surface area contributed by atoms with Crippen molar-refractivity contribution in [2.75, 3.05) is 7.11 Å². The number of rotatable bonds is 8. The largest absolute Gasteiger partial charge is 0.466 e. The number of aliphatic hydroxyl groups excluding tert-OH is 2. The summed E-state index contributed by atoms with van der Waals surface area (Å²) in [6.45, 7) is 0.905. The standard InChI is InChI=1S/C29H31NO6/c1-35-28(34)29(36-27(33)23-15-9-4-10-16-23)17-24(26(32)25(31)18-29)30(19-21-11-5-2-6-12-21)20-22-13-7-3-8-14-22/h2-16,24-26,31-32H,17-20H2,1H3/t24-,25-,26+,29-/m1/s1. The van der Waals surface area contributed by atoms with Gasteiger partial charge in [-0.1, -0.05) is 78.9 Å². The molecule has 4 rings (SSSR count). The third-order valence-electron chi connectivity index (χ3n) is 6.65. The molecular formula is C29H31NO6. The van der Waals surface area contributed by atoms with Crippen LogP contribution in [0.4, 0.5) is 0 Å². The quantitative estimate of drug-likeness (QED) is 0.469. The Morgan fingerprint density at radius 2 is 1.33 bits per heavy atom. The predicted molar refractivity (Wildman–Crippen MR) is 134 cm³/mol. The lowest BCUT2D eigenvalue weighted by molar-refractivity contribution is -0.186. The number of carbonyl (C=O) groups is 2. The number of benzene rings is 3. The Labute approximate surface area is 210 Å². The van der Waals surface area contributed by atoms with Gasteiger partial charge in [-0.15, -0.1) is 0 Å². The van der Waals surface area contributed by atoms with E-state index in [1.165, 1.54) is 7.11 Å². The number of methoxy groups -OCH3 is 1. The Balaban J connectivity index is 1.69. The topological polar surface area (TPSA) is 96.3 Å². The minimum Gasteiger partial charge on any atom is -0.466 e. The molecule has 0 aromatic heterocycles. The molecule has 0 spiro atoms. The van der Waals surface area contributed by atoms with Gasteiger partial charge >= 0.3 is 11.9 Å². The molecule has 1 aliphatic rings. The number of aliphatic hydroxyl groups is 2. The third kappa shape index (κ3) is 5.82. The summed E-state index contributed by atoms with van der Waals surface area (Å²) in [5, 5.41) is 22.0. The van der Waals surface area contributed by atoms with Gasteiger partial charge in [0.1, 0.15) is 0 Å². The maximum Gasteiger partial charge on any atom is 0.350 e. The Kier molecular flexibility index (Phi) is 8.15. The van der Waals surface area contributed by atoms with Crippen LogP contribution in [0.3, 0.4) is 0 Å². The maximum absolute atomic E-state index is 13.1. The highest BCUT2D eigenvalue weighted by Crippen LogP contribution is 2.37. The average Bonchev–Trinajstić information content (AvgIpc) is 2.91. The molecule has 188 valence electrons. The van der Waals surface area contributed by atoms with E-state index in [1.54, 1.807) is 30.3 Å². The molecule has 36 heavy (non-hydrogen) atoms. The highest BCUT2D eigenvalue weighted by Gasteiger charge is 2.55. The van der Waals surface area contributed by atoms with E-state index < -0.39 is 35.8 Å². The molecule has 0 aliphatic heterocycles. The van der Waals surface area contributed by atoms with Crippen LogP contribution in [0.2, 0.25) is 0 Å². The number of hydrogen-bond donors (Lipinski definition) is 2. The molecule has 0 bridgehead atoms. The van der Waals surface area contributed by atoms with Crippen molar-refractivity contribution >= 4 is 11.9 Å². The highest BCUT2D eigenvalue weighted by atomic mass is 16.6. The van der Waals surface area contributed by atoms with Crippen LogP contribution < -0.4 is 0 Å². The summed E-state index contributed by atoms with van der Waals surface area (Å²) in [5.41, 5.74) is 0.538. The number of carbonyl (C=O) groups excluding carboxylic acids is 2. The molecule has 1 fully saturated rings. The summed E-state index contributed by atoms with van der Waals surface area (Å²) < 4.78 is 10.9. The fourth-order valence-corrected chi connectivity index (χ4v) is 4.82. The van der Waals surface area contributed by atoms with Crippen LogP contribution in [0, 0.1) is 0 Å². The van der Waals surface area contributed by atoms with E-state index in [9.17, 15) is 19.8 Å². The summed E-state index contributed by atoms with van der Waals surface area (Å²) in [5.74, 6) is -1.46. The SMILES string of the molecule is COC(=O)[C@]1(OC(=O)c2ccccc2)C[C@@H](O)[C@@H](O)[C@H](N(Cc2ccccc2)Cc2ccccc2)C1. The molecule has 4 atom stereocenters. The van der Waals surface area contributed by atoms with Crippen LogP contribution in [0.25, 0.3) is 0 Å². The minimum absolute atomic E-state index is 0.0316. The predicted octanol–water partition coefficient (Wildman–Crippen LogP) is 3.34. The third-order valence-corrected chi connectivity index (χ3v) is 6.65. The normalized spacial score (nSPS) is 23.7. The van der Waals surface area contributed by atoms with Crippen LogP contribution in [0.15, 0.2) is 91.0 Å². The first kappa shape index (κ1) is 25.6. The number of hydrogen-bond acceptors (Lipinski definition) is 7. The van der Waals surface area contributed by atoms with Gasteiger partial charge in [-0.2, -0.15) is 0 Å². The average molecular weight is 490 g/mol. The number of ether oxygens (including phenoxy) is 2. The first-order valence-corrected chi connectivity index (χ1v) is 12.0. The zero-order chi connectivity index (χ0) is 25.5. The van der Waals surface area contributed by atoms with E-state index in [0.29, 0.717) is 13.1 Å². The van der Waals surface area contributed by atoms with E-state index in [-0.39, 0.29) is 18.4 Å². The molecular weight excluding hydrogens is 458 g/mol. The molecule has 0 unspecified atom stereocenters. The molecule has 1 saturated carbocycles. The molecule has 2 N–H and O–H groups in total. The summed E-state index contributed by atoms with van der Waals surface area (Å²) in [6.07, 6.45) is -2.76. The first-order valence-electron chi connectivity index (χ1n) is 12.0. The molecule has 7 nitrogen and oxygen atoms in total. The molecule has 0 amide bonds. The fraction of sp³-hybridized carbons (Fsp3) is 0.310. The van der Waals surface area contributed by atoms with Crippen molar-refractivity contribution in [3.63, 3.8) is 0 Å². The van der Waals surface area contributed by atoms with Crippen molar-refractivity contribution < 1.29 is 29.3 Å². The summed E-state index contributed by atoms with van der Waals surface area (Å²) in [6, 6.07) is 27.2. The first-order chi connectivity index (χ1) is 17.4. The molecule has 0 radical (unpaired) electrons. The van der Waals surface area contributed by atoms with E-state index in [4.69, 9.17) is 9.47 Å². The fourth-order valence-electron chi connectivity index (χ4n) is 4.82. The number of esters is 2. The van der Waals surface area contributed by atoms with Gasteiger partial charge in [-0.25, -0.2) is 9.59 Å². The van der Waals surface area contributed by atoms with Crippen LogP contribution in [0.5, 0.6) is 0 Å². The van der Waals surface area contributed by atoms with Gasteiger partial charge in [0.05, 0.1) is 24.9 Å². The summed E-state index contributed by atoms with van der Waals surface area (Å²) in [4.78, 5) is 28.1. The Morgan fingerprint density at radius 3 is 1.83 bits per heavy atom. The maximum atomic E-state index is 13.1. The monoisotopic (exact) mass is 489 g/mol. The van der Waals surface area contributed by atoms with Crippen molar-refractivity contribution in [3.05, 3.63) is 108 Å². The highest BCUT2D eigenvalue weighted by molar-refractivity contribution is 5.92. The van der Waals surface area contributed by atoms with Gasteiger partial charge in [0.15, 0.2) is 0 Å². The molecule has 3 aromatic carbocycles. The molecule has 0 heterocycles. The zero-order valence-corrected chi connectivity index (χ0v) is 20.2. The second-order valence-electron chi connectivity index (χ2n) is 9.15. The molecule has 7 heteroatoms. The van der Waals surface area contributed by atoms with Gasteiger partial charge in [0.25, 0.3) is 0 Å². The van der Waals surface area contributed by atoms with E-state index in [1.807, 2.05) is 65.6 Å². The Bertz CT molecular complexity index is 1100. The molecule has 3 aromatic rings. The van der Waals surface area contributed by atoms with Crippen LogP contribution in [-0.4, -0.2) is 58.0 Å². The van der Waals surface area contributed by atoms with Gasteiger partial charge in [0.2, 0.25) is 5.60 Å². The zero-order valence-electron chi connectivity index (χ0n) is 20.2. The Hall–Kier alpha value is -3.52. The van der Waals surface area contributed by atoms with Crippen LogP contribution in [0.1, 0.15) is 34.3 Å². The van der Waals surface area contributed by atoms with Crippen LogP contribution in [-0.2, 0) is 27.4 Å². The molecule has 0 saturated heterocycles. The van der Waals surface area contributed by atoms with E-state index >= 15 is 0 Å². The van der Waals surface area contributed by atoms with Gasteiger partial charge in [0, 0.05) is 32.0 Å². The van der Waals surface area contributed by atoms with Gasteiger partial charge in [-0.3, -0.25) is 4.90 Å². The second-order valence-corrected chi connectivity index (χ2v) is 9.15. The number of nitrogens with zero attached hydrogens (tertiary/aromatic N) is 1. The van der Waals surface area contributed by atoms with Gasteiger partial charge < -0.3 is 19.7 Å².